The normalized spacial score (nSPS) is 16.3. The van der Waals surface area contributed by atoms with Gasteiger partial charge in [-0.25, -0.2) is 0 Å². The molecular weight excluding hydrogens is 1550 g/mol. The maximum absolute atomic E-state index is 9.10. The molecule has 6 aromatic rings. The van der Waals surface area contributed by atoms with Crippen molar-refractivity contribution in [2.45, 2.75) is 76.3 Å². The first-order valence-corrected chi connectivity index (χ1v) is 37.8. The fourth-order valence-corrected chi connectivity index (χ4v) is 18.3. The zero-order valence-electron chi connectivity index (χ0n) is 59.7. The van der Waals surface area contributed by atoms with Crippen LogP contribution < -0.4 is 27.1 Å². The monoisotopic (exact) mass is 1620 g/mol. The summed E-state index contributed by atoms with van der Waals surface area (Å²) in [5.74, 6) is 0.127. The van der Waals surface area contributed by atoms with E-state index in [4.69, 9.17) is 135 Å². The van der Waals surface area contributed by atoms with Gasteiger partial charge in [-0.3, -0.25) is 0 Å². The fourth-order valence-electron chi connectivity index (χ4n) is 9.25. The van der Waals surface area contributed by atoms with Crippen molar-refractivity contribution in [3.05, 3.63) is 304 Å². The Hall–Kier alpha value is -13.7. The van der Waals surface area contributed by atoms with Gasteiger partial charge < -0.3 is 55.6 Å². The van der Waals surface area contributed by atoms with E-state index in [-0.39, 0.29) is 153 Å². The molecular formula is C60H66N39O12P3. The summed E-state index contributed by atoms with van der Waals surface area (Å²) < 4.78 is 95.2. The van der Waals surface area contributed by atoms with Crippen LogP contribution >= 0.6 is 23.0 Å². The number of benzene rings is 6. The number of nitrogens with zero attached hydrogens (tertiary/aromatic N) is 39. The SMILES string of the molecule is [N-]=[N+]=NCC(CN=[N+]=[N-])OCc1ccc(OP2(Oc3ccc(COC(CN=[N+]=[N-])CN=[N+]=[N-])cc3)=NP(Oc3ccc(COC(CN=[N+]=[N-])CN=[N+]=[N-])cc3)(Oc3ccc(COC(CN=[N+]=[N-])CN=[N+]=[N-])cc3)=NP(Oc3ccc(COC(CN=[N+]=[N-])CN=[N+]=[N-])cc3)(Oc3ccc(COC(CN=[N+]=[N-])CN=[N+]=[N-])cc3)=N2)cc1. The Morgan fingerprint density at radius 1 is 0.202 bits per heavy atom. The van der Waals surface area contributed by atoms with Gasteiger partial charge in [0.25, 0.3) is 0 Å². The molecule has 0 radical (unpaired) electrons. The van der Waals surface area contributed by atoms with E-state index in [1.807, 2.05) is 0 Å². The second kappa shape index (κ2) is 49.4. The molecule has 0 bridgehead atoms. The largest absolute Gasteiger partial charge is 0.460 e. The molecule has 0 saturated heterocycles. The molecule has 114 heavy (non-hydrogen) atoms. The molecule has 0 fully saturated rings. The second-order valence-electron chi connectivity index (χ2n) is 22.7. The maximum Gasteiger partial charge on any atom is 0.460 e. The number of azide groups is 12. The van der Waals surface area contributed by atoms with Crippen LogP contribution in [0.2, 0.25) is 0 Å². The third-order valence-electron chi connectivity index (χ3n) is 14.7. The van der Waals surface area contributed by atoms with Crippen molar-refractivity contribution in [1.29, 1.82) is 0 Å². The molecule has 1 heterocycles. The Balaban J connectivity index is 1.54. The first-order valence-electron chi connectivity index (χ1n) is 33.2. The third-order valence-corrected chi connectivity index (χ3v) is 22.8. The van der Waals surface area contributed by atoms with Crippen molar-refractivity contribution < 1.29 is 55.6 Å². The van der Waals surface area contributed by atoms with Gasteiger partial charge in [-0.05, 0) is 173 Å². The highest BCUT2D eigenvalue weighted by molar-refractivity contribution is 7.79. The van der Waals surface area contributed by atoms with Crippen LogP contribution in [0.4, 0.5) is 0 Å². The standard InChI is InChI=1S/C60H66N39O12P3/c61-85-73-25-55(26-74-86-62)100-37-43-1-13-49(14-2-43)106-112(107-50-15-3-44(4-16-50)38-101-56(27-75-87-63)28-76-88-64)97-113(108-51-17-5-45(6-18-51)39-102-57(29-77-89-65)30-78-90-66,109-52-19-7-46(8-20-52)40-103-58(31-79-91-67)32-80-92-68)99-114(98-112,110-53-21-9-47(10-22-53)41-104-59(33-81-93-69)34-82-94-70)111-54-23-11-48(12-24-54)42-105-60(35-83-95-71)36-84-96-72/h1-24,55-60H,25-42H2. The van der Waals surface area contributed by atoms with Gasteiger partial charge in [-0.15, -0.1) is 0 Å². The van der Waals surface area contributed by atoms with E-state index >= 15 is 0 Å². The molecule has 51 nitrogen and oxygen atoms in total. The molecule has 0 spiro atoms. The van der Waals surface area contributed by atoms with Gasteiger partial charge >= 0.3 is 23.0 Å². The van der Waals surface area contributed by atoms with E-state index in [9.17, 15) is 0 Å². The van der Waals surface area contributed by atoms with Crippen molar-refractivity contribution in [1.82, 2.24) is 0 Å². The van der Waals surface area contributed by atoms with Crippen LogP contribution in [-0.4, -0.2) is 115 Å². The van der Waals surface area contributed by atoms with Crippen molar-refractivity contribution in [2.24, 2.45) is 74.9 Å². The van der Waals surface area contributed by atoms with E-state index in [0.717, 1.165) is 0 Å². The summed E-state index contributed by atoms with van der Waals surface area (Å²) in [4.78, 5) is 33.7. The molecule has 0 unspecified atom stereocenters. The molecule has 0 aromatic heterocycles. The summed E-state index contributed by atoms with van der Waals surface area (Å²) in [6.45, 7) is -2.59. The summed E-state index contributed by atoms with van der Waals surface area (Å²) in [6.07, 6.45) is -4.93. The number of ether oxygens (including phenoxy) is 6. The highest BCUT2D eigenvalue weighted by Gasteiger charge is 2.49. The second-order valence-corrected chi connectivity index (χ2v) is 28.9. The van der Waals surface area contributed by atoms with Crippen LogP contribution in [0, 0.1) is 0 Å². The van der Waals surface area contributed by atoms with Crippen LogP contribution in [0.3, 0.4) is 0 Å². The van der Waals surface area contributed by atoms with E-state index in [1.54, 1.807) is 72.8 Å². The summed E-state index contributed by atoms with van der Waals surface area (Å²) in [7, 11) is -14.4. The minimum absolute atomic E-state index is 0.0211. The minimum Gasteiger partial charge on any atom is -0.413 e. The van der Waals surface area contributed by atoms with E-state index < -0.39 is 59.6 Å². The van der Waals surface area contributed by atoms with Crippen LogP contribution in [0.5, 0.6) is 34.5 Å². The smallest absolute Gasteiger partial charge is 0.413 e. The summed E-state index contributed by atoms with van der Waals surface area (Å²) in [5.41, 5.74) is 112. The molecule has 588 valence electrons. The van der Waals surface area contributed by atoms with Crippen LogP contribution in [0.25, 0.3) is 125 Å². The zero-order chi connectivity index (χ0) is 81.2. The van der Waals surface area contributed by atoms with E-state index in [0.29, 0.717) is 33.4 Å². The first-order chi connectivity index (χ1) is 55.8. The number of hydrogen-bond donors (Lipinski definition) is 0. The lowest BCUT2D eigenvalue weighted by atomic mass is 10.2. The molecule has 1 aliphatic heterocycles. The Morgan fingerprint density at radius 3 is 0.421 bits per heavy atom. The van der Waals surface area contributed by atoms with Crippen molar-refractivity contribution in [3.8, 4) is 34.5 Å². The predicted molar refractivity (Wildman–Crippen MR) is 410 cm³/mol. The van der Waals surface area contributed by atoms with E-state index in [1.165, 1.54) is 72.8 Å². The van der Waals surface area contributed by atoms with Gasteiger partial charge in [0.05, 0.1) is 155 Å². The molecule has 0 atom stereocenters. The van der Waals surface area contributed by atoms with Crippen molar-refractivity contribution in [2.75, 3.05) is 78.5 Å². The molecule has 7 rings (SSSR count). The van der Waals surface area contributed by atoms with Gasteiger partial charge in [0, 0.05) is 58.9 Å². The van der Waals surface area contributed by atoms with Gasteiger partial charge in [-0.2, -0.15) is 0 Å². The molecule has 1 aliphatic rings. The first kappa shape index (κ1) is 87.5. The molecule has 0 aliphatic carbocycles. The molecule has 0 saturated carbocycles. The topological polar surface area (TPSA) is 733 Å². The quantitative estimate of drug-likeness (QED) is 0.0149. The van der Waals surface area contributed by atoms with Crippen LogP contribution in [0.15, 0.2) is 221 Å². The molecule has 0 amide bonds. The summed E-state index contributed by atoms with van der Waals surface area (Å²) >= 11 is 0. The third kappa shape index (κ3) is 31.3. The minimum atomic E-state index is -4.82. The lowest BCUT2D eigenvalue weighted by Gasteiger charge is -2.33. The number of hydrogen-bond acceptors (Lipinski definition) is 27. The van der Waals surface area contributed by atoms with Crippen LogP contribution in [0.1, 0.15) is 33.4 Å². The van der Waals surface area contributed by atoms with Gasteiger partial charge in [0.1, 0.15) is 34.5 Å². The molecule has 54 heteroatoms. The van der Waals surface area contributed by atoms with Crippen molar-refractivity contribution >= 4 is 23.0 Å². The Bertz CT molecular complexity index is 4050. The number of rotatable bonds is 54. The lowest BCUT2D eigenvalue weighted by Crippen LogP contribution is -2.19. The summed E-state index contributed by atoms with van der Waals surface area (Å²) in [6, 6.07) is 37.9. The van der Waals surface area contributed by atoms with Crippen LogP contribution in [-0.2, 0) is 68.1 Å². The Labute approximate surface area is 644 Å². The Morgan fingerprint density at radius 2 is 0.316 bits per heavy atom. The summed E-state index contributed by atoms with van der Waals surface area (Å²) in [5, 5.41) is 43.1. The average molecular weight is 1620 g/mol. The fraction of sp³-hybridized carbons (Fsp3) is 0.400. The Kier molecular flexibility index (Phi) is 38.0. The predicted octanol–water partition coefficient (Wildman–Crippen LogP) is 21.3. The molecule has 6 aromatic carbocycles. The molecule has 0 N–H and O–H groups in total. The zero-order valence-corrected chi connectivity index (χ0v) is 62.4. The lowest BCUT2D eigenvalue weighted by molar-refractivity contribution is 0.0523. The highest BCUT2D eigenvalue weighted by Crippen LogP contribution is 2.78. The highest BCUT2D eigenvalue weighted by atomic mass is 31.3. The van der Waals surface area contributed by atoms with Gasteiger partial charge in [0.15, 0.2) is 0 Å². The van der Waals surface area contributed by atoms with Crippen molar-refractivity contribution in [3.63, 3.8) is 0 Å². The maximum atomic E-state index is 9.10. The van der Waals surface area contributed by atoms with Gasteiger partial charge in [0.2, 0.25) is 0 Å². The van der Waals surface area contributed by atoms with Gasteiger partial charge in [-0.1, -0.05) is 148 Å². The average Bonchev–Trinajstić information content (AvgIpc) is 0.729. The van der Waals surface area contributed by atoms with E-state index in [2.05, 4.69) is 120 Å².